The number of aromatic hydroxyl groups is 1. The minimum absolute atomic E-state index is 0.0865. The highest BCUT2D eigenvalue weighted by Crippen LogP contribution is 2.42. The molecule has 1 N–H and O–H groups in total. The van der Waals surface area contributed by atoms with E-state index in [2.05, 4.69) is 13.2 Å². The van der Waals surface area contributed by atoms with Gasteiger partial charge in [0.15, 0.2) is 0 Å². The summed E-state index contributed by atoms with van der Waals surface area (Å²) in [4.78, 5) is 0. The molecule has 0 atom stereocenters. The van der Waals surface area contributed by atoms with Gasteiger partial charge >= 0.3 is 12.4 Å². The number of benzene rings is 2. The summed E-state index contributed by atoms with van der Waals surface area (Å²) in [7, 11) is 0. The molecule has 0 unspecified atom stereocenters. The van der Waals surface area contributed by atoms with Crippen LogP contribution in [0.3, 0.4) is 0 Å². The van der Waals surface area contributed by atoms with Crippen LogP contribution in [-0.4, -0.2) is 5.11 Å². The van der Waals surface area contributed by atoms with Crippen LogP contribution in [0.2, 0.25) is 0 Å². The number of phenols is 1. The highest BCUT2D eigenvalue weighted by molar-refractivity contribution is 5.70. The molecule has 2 aromatic carbocycles. The Kier molecular flexibility index (Phi) is 5.93. The van der Waals surface area contributed by atoms with E-state index >= 15 is 0 Å². The number of hydrogen-bond donors (Lipinski definition) is 1. The summed E-state index contributed by atoms with van der Waals surface area (Å²) in [6.45, 7) is 10.7. The number of rotatable bonds is 5. The average molecular weight is 414 g/mol. The third-order valence-electron chi connectivity index (χ3n) is 4.68. The molecule has 0 aliphatic heterocycles. The Bertz CT molecular complexity index is 903. The highest BCUT2D eigenvalue weighted by atomic mass is 19.4. The van der Waals surface area contributed by atoms with Crippen molar-refractivity contribution in [3.05, 3.63) is 77.9 Å². The molecule has 0 aliphatic carbocycles. The quantitative estimate of drug-likeness (QED) is 0.402. The standard InChI is InChI=1S/C22H20F6O/c1-5-7-13-8-14(11-18(19(13)29)20(3,4)6-2)15-9-16(21(23,24)25)12-17(10-15)22(26,27)28/h5-6,8-12,29H,1-2,7H2,3-4H3. The van der Waals surface area contributed by atoms with E-state index in [-0.39, 0.29) is 29.4 Å². The van der Waals surface area contributed by atoms with E-state index in [1.54, 1.807) is 13.8 Å². The van der Waals surface area contributed by atoms with E-state index in [0.717, 1.165) is 0 Å². The first-order valence-electron chi connectivity index (χ1n) is 8.61. The van der Waals surface area contributed by atoms with Crippen molar-refractivity contribution in [3.63, 3.8) is 0 Å². The van der Waals surface area contributed by atoms with Crippen LogP contribution in [-0.2, 0) is 24.2 Å². The molecule has 29 heavy (non-hydrogen) atoms. The summed E-state index contributed by atoms with van der Waals surface area (Å²) >= 11 is 0. The molecule has 7 heteroatoms. The SMILES string of the molecule is C=CCc1cc(-c2cc(C(F)(F)F)cc(C(F)(F)F)c2)cc(C(C)(C)C=C)c1O. The van der Waals surface area contributed by atoms with Gasteiger partial charge in [-0.25, -0.2) is 0 Å². The Hall–Kier alpha value is -2.70. The largest absolute Gasteiger partial charge is 0.507 e. The first-order chi connectivity index (χ1) is 13.2. The zero-order valence-corrected chi connectivity index (χ0v) is 15.9. The predicted octanol–water partition coefficient (Wildman–Crippen LogP) is 7.29. The second kappa shape index (κ2) is 7.61. The number of allylic oxidation sites excluding steroid dienone is 2. The molecular formula is C22H20F6O. The summed E-state index contributed by atoms with van der Waals surface area (Å²) < 4.78 is 79.2. The van der Waals surface area contributed by atoms with E-state index in [0.29, 0.717) is 23.3 Å². The van der Waals surface area contributed by atoms with Crippen LogP contribution in [0.4, 0.5) is 26.3 Å². The van der Waals surface area contributed by atoms with Crippen molar-refractivity contribution in [1.29, 1.82) is 0 Å². The van der Waals surface area contributed by atoms with E-state index in [4.69, 9.17) is 0 Å². The van der Waals surface area contributed by atoms with Gasteiger partial charge in [-0.3, -0.25) is 0 Å². The lowest BCUT2D eigenvalue weighted by Crippen LogP contribution is -2.14. The van der Waals surface area contributed by atoms with Gasteiger partial charge in [0.25, 0.3) is 0 Å². The topological polar surface area (TPSA) is 20.2 Å². The van der Waals surface area contributed by atoms with Crippen LogP contribution in [0.15, 0.2) is 55.6 Å². The molecule has 0 amide bonds. The van der Waals surface area contributed by atoms with Gasteiger partial charge in [-0.1, -0.05) is 26.0 Å². The first-order valence-corrected chi connectivity index (χ1v) is 8.61. The lowest BCUT2D eigenvalue weighted by molar-refractivity contribution is -0.143. The van der Waals surface area contributed by atoms with Gasteiger partial charge in [-0.15, -0.1) is 13.2 Å². The fourth-order valence-corrected chi connectivity index (χ4v) is 2.90. The number of hydrogen-bond acceptors (Lipinski definition) is 1. The molecule has 1 nitrogen and oxygen atoms in total. The van der Waals surface area contributed by atoms with Crippen LogP contribution in [0, 0.1) is 0 Å². The van der Waals surface area contributed by atoms with Gasteiger partial charge in [-0.05, 0) is 53.4 Å². The predicted molar refractivity (Wildman–Crippen MR) is 101 cm³/mol. The smallest absolute Gasteiger partial charge is 0.416 e. The summed E-state index contributed by atoms with van der Waals surface area (Å²) in [5.74, 6) is -0.0958. The van der Waals surface area contributed by atoms with Crippen LogP contribution in [0.1, 0.15) is 36.1 Å². The second-order valence-corrected chi connectivity index (χ2v) is 7.24. The van der Waals surface area contributed by atoms with Crippen molar-refractivity contribution >= 4 is 0 Å². The van der Waals surface area contributed by atoms with Gasteiger partial charge in [-0.2, -0.15) is 26.3 Å². The zero-order valence-electron chi connectivity index (χ0n) is 15.9. The third-order valence-corrected chi connectivity index (χ3v) is 4.68. The van der Waals surface area contributed by atoms with Crippen molar-refractivity contribution in [2.75, 3.05) is 0 Å². The molecule has 0 spiro atoms. The van der Waals surface area contributed by atoms with Crippen molar-refractivity contribution in [1.82, 2.24) is 0 Å². The summed E-state index contributed by atoms with van der Waals surface area (Å²) in [6, 6.07) is 4.19. The maximum Gasteiger partial charge on any atom is 0.416 e. The summed E-state index contributed by atoms with van der Waals surface area (Å²) in [5.41, 5.74) is -3.01. The van der Waals surface area contributed by atoms with Gasteiger partial charge in [0, 0.05) is 11.0 Å². The monoisotopic (exact) mass is 414 g/mol. The average Bonchev–Trinajstić information content (AvgIpc) is 2.61. The van der Waals surface area contributed by atoms with Crippen LogP contribution in [0.25, 0.3) is 11.1 Å². The minimum Gasteiger partial charge on any atom is -0.507 e. The summed E-state index contributed by atoms with van der Waals surface area (Å²) in [6.07, 6.45) is -6.68. The van der Waals surface area contributed by atoms with Crippen molar-refractivity contribution in [2.24, 2.45) is 0 Å². The van der Waals surface area contributed by atoms with E-state index in [1.165, 1.54) is 24.3 Å². The molecular weight excluding hydrogens is 394 g/mol. The van der Waals surface area contributed by atoms with Gasteiger partial charge in [0.1, 0.15) is 5.75 Å². The van der Waals surface area contributed by atoms with E-state index < -0.39 is 28.9 Å². The Morgan fingerprint density at radius 2 is 1.31 bits per heavy atom. The Morgan fingerprint density at radius 1 is 0.828 bits per heavy atom. The molecule has 0 heterocycles. The van der Waals surface area contributed by atoms with Gasteiger partial charge in [0.2, 0.25) is 0 Å². The van der Waals surface area contributed by atoms with E-state index in [1.807, 2.05) is 0 Å². The molecule has 0 saturated heterocycles. The molecule has 0 aliphatic rings. The maximum atomic E-state index is 13.2. The Labute approximate surface area is 165 Å². The molecule has 0 fully saturated rings. The normalized spacial score (nSPS) is 12.7. The minimum atomic E-state index is -4.94. The number of alkyl halides is 6. The van der Waals surface area contributed by atoms with Crippen LogP contribution >= 0.6 is 0 Å². The zero-order chi connectivity index (χ0) is 22.2. The molecule has 156 valence electrons. The van der Waals surface area contributed by atoms with Crippen LogP contribution in [0.5, 0.6) is 5.75 Å². The van der Waals surface area contributed by atoms with E-state index in [9.17, 15) is 31.4 Å². The summed E-state index contributed by atoms with van der Waals surface area (Å²) in [5, 5.41) is 10.6. The molecule has 0 aromatic heterocycles. The molecule has 0 bridgehead atoms. The fraction of sp³-hybridized carbons (Fsp3) is 0.273. The molecule has 0 radical (unpaired) electrons. The Morgan fingerprint density at radius 3 is 1.72 bits per heavy atom. The van der Waals surface area contributed by atoms with Crippen molar-refractivity contribution in [2.45, 2.75) is 38.0 Å². The first kappa shape index (κ1) is 22.6. The second-order valence-electron chi connectivity index (χ2n) is 7.24. The maximum absolute atomic E-state index is 13.2. The van der Waals surface area contributed by atoms with Crippen molar-refractivity contribution < 1.29 is 31.4 Å². The molecule has 2 rings (SSSR count). The molecule has 2 aromatic rings. The number of halogens is 6. The lowest BCUT2D eigenvalue weighted by atomic mass is 9.81. The molecule has 0 saturated carbocycles. The highest BCUT2D eigenvalue weighted by Gasteiger charge is 2.37. The third kappa shape index (κ3) is 4.83. The Balaban J connectivity index is 2.86. The number of phenolic OH excluding ortho intramolecular Hbond substituents is 1. The van der Waals surface area contributed by atoms with Crippen molar-refractivity contribution in [3.8, 4) is 16.9 Å². The fourth-order valence-electron chi connectivity index (χ4n) is 2.90. The van der Waals surface area contributed by atoms with Gasteiger partial charge < -0.3 is 5.11 Å². The lowest BCUT2D eigenvalue weighted by Gasteiger charge is -2.24. The van der Waals surface area contributed by atoms with Crippen LogP contribution < -0.4 is 0 Å². The van der Waals surface area contributed by atoms with Gasteiger partial charge in [0.05, 0.1) is 11.1 Å².